The fraction of sp³-hybridized carbons (Fsp3) is 0.500. The van der Waals surface area contributed by atoms with Gasteiger partial charge in [0.2, 0.25) is 0 Å². The van der Waals surface area contributed by atoms with Gasteiger partial charge in [-0.25, -0.2) is 0 Å². The van der Waals surface area contributed by atoms with Crippen LogP contribution < -0.4 is 5.32 Å². The second-order valence-corrected chi connectivity index (χ2v) is 6.33. The van der Waals surface area contributed by atoms with Gasteiger partial charge in [-0.2, -0.15) is 0 Å². The topological polar surface area (TPSA) is 25.2 Å². The zero-order valence-electron chi connectivity index (χ0n) is 11.9. The molecule has 0 spiro atoms. The molecule has 1 heterocycles. The van der Waals surface area contributed by atoms with E-state index in [1.54, 1.807) is 0 Å². The molecule has 0 radical (unpaired) electrons. The van der Waals surface area contributed by atoms with Gasteiger partial charge in [0, 0.05) is 5.39 Å². The van der Waals surface area contributed by atoms with Gasteiger partial charge in [0.25, 0.3) is 0 Å². The molecule has 2 rings (SSSR count). The van der Waals surface area contributed by atoms with Crippen LogP contribution in [-0.2, 0) is 0 Å². The first-order valence-electron chi connectivity index (χ1n) is 6.97. The third kappa shape index (κ3) is 3.61. The molecule has 0 bridgehead atoms. The Hall–Kier alpha value is -0.800. The molecule has 1 atom stereocenters. The van der Waals surface area contributed by atoms with Crippen LogP contribution in [0.3, 0.4) is 0 Å². The van der Waals surface area contributed by atoms with Crippen molar-refractivity contribution in [2.45, 2.75) is 39.2 Å². The predicted octanol–water partition coefficient (Wildman–Crippen LogP) is 5.28. The molecule has 0 aliphatic carbocycles. The number of fused-ring (bicyclic) bond motifs is 1. The maximum atomic E-state index is 6.00. The molecule has 3 heteroatoms. The summed E-state index contributed by atoms with van der Waals surface area (Å²) in [5, 5.41) is 4.52. The van der Waals surface area contributed by atoms with Gasteiger partial charge in [-0.05, 0) is 47.4 Å². The summed E-state index contributed by atoms with van der Waals surface area (Å²) in [6.07, 6.45) is 3.61. The lowest BCUT2D eigenvalue weighted by molar-refractivity contribution is 0.406. The number of benzene rings is 1. The molecular weight excluding hydrogens is 302 g/mol. The molecule has 0 fully saturated rings. The molecule has 0 aliphatic rings. The fourth-order valence-electron chi connectivity index (χ4n) is 2.38. The van der Waals surface area contributed by atoms with Crippen LogP contribution in [0.4, 0.5) is 0 Å². The zero-order chi connectivity index (χ0) is 13.8. The second kappa shape index (κ2) is 6.58. The Balaban J connectivity index is 2.14. The summed E-state index contributed by atoms with van der Waals surface area (Å²) in [6, 6.07) is 8.60. The Morgan fingerprint density at radius 2 is 2.05 bits per heavy atom. The Kier molecular flexibility index (Phi) is 5.06. The molecule has 1 aromatic carbocycles. The smallest absolute Gasteiger partial charge is 0.148 e. The van der Waals surface area contributed by atoms with E-state index >= 15 is 0 Å². The van der Waals surface area contributed by atoms with Crippen molar-refractivity contribution in [2.24, 2.45) is 5.92 Å². The summed E-state index contributed by atoms with van der Waals surface area (Å²) in [6.45, 7) is 4.54. The van der Waals surface area contributed by atoms with Gasteiger partial charge < -0.3 is 9.73 Å². The zero-order valence-corrected chi connectivity index (χ0v) is 13.5. The number of halogens is 1. The molecule has 104 valence electrons. The van der Waals surface area contributed by atoms with Crippen LogP contribution in [0, 0.1) is 5.92 Å². The van der Waals surface area contributed by atoms with Gasteiger partial charge in [0.05, 0.1) is 10.5 Å². The van der Waals surface area contributed by atoms with Crippen LogP contribution in [-0.4, -0.2) is 7.05 Å². The Bertz CT molecular complexity index is 533. The summed E-state index contributed by atoms with van der Waals surface area (Å²) in [5.74, 6) is 1.80. The molecule has 19 heavy (non-hydrogen) atoms. The average Bonchev–Trinajstić information content (AvgIpc) is 2.79. The number of nitrogens with one attached hydrogen (secondary N) is 1. The van der Waals surface area contributed by atoms with E-state index in [1.807, 2.05) is 19.2 Å². The number of hydrogen-bond donors (Lipinski definition) is 1. The van der Waals surface area contributed by atoms with Crippen molar-refractivity contribution in [1.29, 1.82) is 0 Å². The van der Waals surface area contributed by atoms with Crippen LogP contribution in [0.2, 0.25) is 0 Å². The van der Waals surface area contributed by atoms with E-state index in [2.05, 4.69) is 47.2 Å². The highest BCUT2D eigenvalue weighted by atomic mass is 79.9. The molecule has 0 amide bonds. The lowest BCUT2D eigenvalue weighted by Gasteiger charge is -2.14. The Labute approximate surface area is 123 Å². The van der Waals surface area contributed by atoms with Gasteiger partial charge in [-0.1, -0.05) is 38.8 Å². The van der Waals surface area contributed by atoms with Gasteiger partial charge in [0.1, 0.15) is 11.3 Å². The van der Waals surface area contributed by atoms with Crippen molar-refractivity contribution in [3.05, 3.63) is 34.5 Å². The first-order valence-corrected chi connectivity index (χ1v) is 7.76. The highest BCUT2D eigenvalue weighted by Gasteiger charge is 2.15. The van der Waals surface area contributed by atoms with E-state index in [4.69, 9.17) is 4.42 Å². The molecule has 2 nitrogen and oxygen atoms in total. The van der Waals surface area contributed by atoms with Crippen molar-refractivity contribution in [3.8, 4) is 0 Å². The fourth-order valence-corrected chi connectivity index (χ4v) is 2.84. The minimum absolute atomic E-state index is 0.304. The molecule has 2 aromatic rings. The first-order chi connectivity index (χ1) is 9.11. The van der Waals surface area contributed by atoms with Crippen molar-refractivity contribution in [1.82, 2.24) is 5.32 Å². The molecule has 1 N–H and O–H groups in total. The van der Waals surface area contributed by atoms with Crippen LogP contribution >= 0.6 is 15.9 Å². The predicted molar refractivity (Wildman–Crippen MR) is 84.4 cm³/mol. The van der Waals surface area contributed by atoms with E-state index in [1.165, 1.54) is 12.8 Å². The normalized spacial score (nSPS) is 13.3. The largest absolute Gasteiger partial charge is 0.458 e. The molecular formula is C16H22BrNO. The summed E-state index contributed by atoms with van der Waals surface area (Å²) in [4.78, 5) is 0. The van der Waals surface area contributed by atoms with Crippen molar-refractivity contribution in [3.63, 3.8) is 0 Å². The molecule has 0 aliphatic heterocycles. The maximum Gasteiger partial charge on any atom is 0.148 e. The average molecular weight is 324 g/mol. The Morgan fingerprint density at radius 1 is 1.26 bits per heavy atom. The van der Waals surface area contributed by atoms with Crippen LogP contribution in [0.1, 0.15) is 44.9 Å². The Morgan fingerprint density at radius 3 is 2.68 bits per heavy atom. The lowest BCUT2D eigenvalue weighted by Crippen LogP contribution is -2.15. The maximum absolute atomic E-state index is 6.00. The molecule has 0 saturated heterocycles. The standard InChI is InChI=1S/C16H22BrNO/c1-11(2)6-4-9-14(18-3)15-10-12-7-5-8-13(17)16(12)19-15/h5,7-8,10-11,14,18H,4,6,9H2,1-3H3. The van der Waals surface area contributed by atoms with Crippen LogP contribution in [0.15, 0.2) is 33.2 Å². The van der Waals surface area contributed by atoms with E-state index < -0.39 is 0 Å². The summed E-state index contributed by atoms with van der Waals surface area (Å²) < 4.78 is 7.02. The third-order valence-electron chi connectivity index (χ3n) is 3.48. The van der Waals surface area contributed by atoms with Gasteiger partial charge >= 0.3 is 0 Å². The van der Waals surface area contributed by atoms with Crippen molar-refractivity contribution < 1.29 is 4.42 Å². The van der Waals surface area contributed by atoms with Gasteiger partial charge in [-0.3, -0.25) is 0 Å². The highest BCUT2D eigenvalue weighted by molar-refractivity contribution is 9.10. The molecule has 0 saturated carbocycles. The van der Waals surface area contributed by atoms with Gasteiger partial charge in [-0.15, -0.1) is 0 Å². The quantitative estimate of drug-likeness (QED) is 0.782. The monoisotopic (exact) mass is 323 g/mol. The highest BCUT2D eigenvalue weighted by Crippen LogP contribution is 2.31. The SMILES string of the molecule is CNC(CCCC(C)C)c1cc2cccc(Br)c2o1. The molecule has 1 unspecified atom stereocenters. The molecule has 1 aromatic heterocycles. The van der Waals surface area contributed by atoms with E-state index in [0.717, 1.165) is 33.5 Å². The minimum Gasteiger partial charge on any atom is -0.458 e. The number of hydrogen-bond acceptors (Lipinski definition) is 2. The van der Waals surface area contributed by atoms with Crippen molar-refractivity contribution >= 4 is 26.9 Å². The number of rotatable bonds is 6. The summed E-state index contributed by atoms with van der Waals surface area (Å²) >= 11 is 3.54. The van der Waals surface area contributed by atoms with Crippen LogP contribution in [0.25, 0.3) is 11.0 Å². The van der Waals surface area contributed by atoms with Crippen molar-refractivity contribution in [2.75, 3.05) is 7.05 Å². The van der Waals surface area contributed by atoms with E-state index in [-0.39, 0.29) is 0 Å². The minimum atomic E-state index is 0.304. The van der Waals surface area contributed by atoms with Gasteiger partial charge in [0.15, 0.2) is 0 Å². The van der Waals surface area contributed by atoms with E-state index in [0.29, 0.717) is 6.04 Å². The van der Waals surface area contributed by atoms with Crippen LogP contribution in [0.5, 0.6) is 0 Å². The second-order valence-electron chi connectivity index (χ2n) is 5.47. The summed E-state index contributed by atoms with van der Waals surface area (Å²) in [5.41, 5.74) is 0.946. The van der Waals surface area contributed by atoms with E-state index in [9.17, 15) is 0 Å². The first kappa shape index (κ1) is 14.6. The summed E-state index contributed by atoms with van der Waals surface area (Å²) in [7, 11) is 2.00. The number of para-hydroxylation sites is 1. The lowest BCUT2D eigenvalue weighted by atomic mass is 10.0. The number of furan rings is 1. The third-order valence-corrected chi connectivity index (χ3v) is 4.11.